The topological polar surface area (TPSA) is 117 Å². The Morgan fingerprint density at radius 2 is 2.32 bits per heavy atom. The Labute approximate surface area is 126 Å². The molecule has 1 saturated heterocycles. The van der Waals surface area contributed by atoms with Crippen molar-refractivity contribution >= 4 is 11.7 Å². The second-order valence-electron chi connectivity index (χ2n) is 5.14. The van der Waals surface area contributed by atoms with Crippen molar-refractivity contribution in [3.63, 3.8) is 0 Å². The summed E-state index contributed by atoms with van der Waals surface area (Å²) in [4.78, 5) is 22.2. The fraction of sp³-hybridized carbons (Fsp3) is 0.462. The maximum Gasteiger partial charge on any atom is 0.275 e. The number of aryl methyl sites for hydroxylation is 1. The van der Waals surface area contributed by atoms with Crippen LogP contribution in [0, 0.1) is 6.92 Å². The molecule has 0 aliphatic carbocycles. The minimum atomic E-state index is -0.708. The summed E-state index contributed by atoms with van der Waals surface area (Å²) in [6.45, 7) is 2.68. The lowest BCUT2D eigenvalue weighted by Gasteiger charge is -2.36. The van der Waals surface area contributed by atoms with Gasteiger partial charge in [-0.25, -0.2) is 9.61 Å². The Morgan fingerprint density at radius 1 is 1.45 bits per heavy atom. The Bertz CT molecular complexity index is 646. The highest BCUT2D eigenvalue weighted by molar-refractivity contribution is 5.93. The van der Waals surface area contributed by atoms with Gasteiger partial charge in [-0.15, -0.1) is 0 Å². The first-order valence-corrected chi connectivity index (χ1v) is 6.94. The number of amides is 1. The van der Waals surface area contributed by atoms with Crippen LogP contribution in [0.3, 0.4) is 0 Å². The van der Waals surface area contributed by atoms with E-state index in [1.807, 2.05) is 4.90 Å². The zero-order valence-corrected chi connectivity index (χ0v) is 12.0. The molecule has 9 nitrogen and oxygen atoms in total. The van der Waals surface area contributed by atoms with Gasteiger partial charge in [0.25, 0.3) is 5.91 Å². The van der Waals surface area contributed by atoms with Gasteiger partial charge in [0.2, 0.25) is 0 Å². The maximum absolute atomic E-state index is 12.1. The fourth-order valence-electron chi connectivity index (χ4n) is 2.44. The molecule has 3 rings (SSSR count). The van der Waals surface area contributed by atoms with E-state index in [1.54, 1.807) is 25.5 Å². The number of hydrogen-bond acceptors (Lipinski definition) is 8. The molecule has 1 fully saturated rings. The molecule has 2 N–H and O–H groups in total. The third-order valence-corrected chi connectivity index (χ3v) is 3.64. The molecule has 3 heterocycles. The molecule has 0 bridgehead atoms. The summed E-state index contributed by atoms with van der Waals surface area (Å²) in [5.41, 5.74) is 0.563. The molecule has 2 aromatic heterocycles. The molecular weight excluding hydrogens is 288 g/mol. The van der Waals surface area contributed by atoms with E-state index >= 15 is 0 Å². The molecular formula is C13H16N6O3. The van der Waals surface area contributed by atoms with Crippen LogP contribution in [0.2, 0.25) is 0 Å². The molecule has 0 aromatic carbocycles. The first kappa shape index (κ1) is 14.4. The lowest BCUT2D eigenvalue weighted by molar-refractivity contribution is 0.0789. The van der Waals surface area contributed by atoms with Gasteiger partial charge in [-0.1, -0.05) is 5.16 Å². The van der Waals surface area contributed by atoms with Crippen LogP contribution in [0.15, 0.2) is 23.2 Å². The molecule has 1 aliphatic rings. The molecule has 0 spiro atoms. The molecule has 0 unspecified atom stereocenters. The minimum absolute atomic E-state index is 0.142. The molecule has 0 saturated carbocycles. The third kappa shape index (κ3) is 2.89. The van der Waals surface area contributed by atoms with E-state index in [9.17, 15) is 9.90 Å². The summed E-state index contributed by atoms with van der Waals surface area (Å²) in [6, 6.07) is -0.350. The second kappa shape index (κ2) is 6.06. The highest BCUT2D eigenvalue weighted by atomic mass is 16.6. The second-order valence-corrected chi connectivity index (χ2v) is 5.14. The van der Waals surface area contributed by atoms with Gasteiger partial charge in [-0.05, 0) is 18.5 Å². The number of hydrogen-bond donors (Lipinski definition) is 2. The van der Waals surface area contributed by atoms with E-state index in [0.29, 0.717) is 31.0 Å². The zero-order chi connectivity index (χ0) is 15.5. The van der Waals surface area contributed by atoms with Crippen LogP contribution < -0.4 is 10.2 Å². The number of nitrogens with one attached hydrogen (secondary N) is 1. The smallest absolute Gasteiger partial charge is 0.275 e. The highest BCUT2D eigenvalue weighted by Gasteiger charge is 2.30. The average molecular weight is 304 g/mol. The van der Waals surface area contributed by atoms with Gasteiger partial charge < -0.3 is 15.3 Å². The summed E-state index contributed by atoms with van der Waals surface area (Å²) in [7, 11) is 0. The summed E-state index contributed by atoms with van der Waals surface area (Å²) < 4.78 is 4.51. The number of aromatic nitrogens is 4. The standard InChI is InChI=1S/C13H16N6O3/c1-8-12(18-22-17-8)13(21)16-9-2-5-19(7-10(9)20)11-6-14-3-4-15-11/h3-4,6,9-10,20H,2,5,7H2,1H3,(H,16,21)/t9-,10-/m1/s1. The number of nitrogens with zero attached hydrogens (tertiary/aromatic N) is 5. The zero-order valence-electron chi connectivity index (χ0n) is 12.0. The minimum Gasteiger partial charge on any atom is -0.389 e. The van der Waals surface area contributed by atoms with E-state index in [0.717, 1.165) is 0 Å². The number of rotatable bonds is 3. The third-order valence-electron chi connectivity index (χ3n) is 3.64. The maximum atomic E-state index is 12.1. The number of anilines is 1. The van der Waals surface area contributed by atoms with Gasteiger partial charge in [0.15, 0.2) is 5.69 Å². The van der Waals surface area contributed by atoms with Crippen LogP contribution in [-0.2, 0) is 0 Å². The highest BCUT2D eigenvalue weighted by Crippen LogP contribution is 2.17. The van der Waals surface area contributed by atoms with E-state index in [2.05, 4.69) is 30.2 Å². The van der Waals surface area contributed by atoms with Crippen molar-refractivity contribution in [1.82, 2.24) is 25.6 Å². The van der Waals surface area contributed by atoms with Gasteiger partial charge in [0, 0.05) is 25.5 Å². The lowest BCUT2D eigenvalue weighted by atomic mass is 10.0. The van der Waals surface area contributed by atoms with E-state index in [4.69, 9.17) is 0 Å². The van der Waals surface area contributed by atoms with E-state index in [1.165, 1.54) is 0 Å². The quantitative estimate of drug-likeness (QED) is 0.782. The predicted molar refractivity (Wildman–Crippen MR) is 75.2 cm³/mol. The van der Waals surface area contributed by atoms with Gasteiger partial charge >= 0.3 is 0 Å². The summed E-state index contributed by atoms with van der Waals surface area (Å²) in [5.74, 6) is 0.318. The SMILES string of the molecule is Cc1nonc1C(=O)N[C@@H]1CCN(c2cnccn2)C[C@H]1O. The van der Waals surface area contributed by atoms with Gasteiger partial charge in [0.05, 0.1) is 18.3 Å². The van der Waals surface area contributed by atoms with Gasteiger partial charge in [-0.2, -0.15) is 0 Å². The molecule has 0 radical (unpaired) electrons. The van der Waals surface area contributed by atoms with Crippen molar-refractivity contribution in [2.24, 2.45) is 0 Å². The van der Waals surface area contributed by atoms with Crippen LogP contribution >= 0.6 is 0 Å². The normalized spacial score (nSPS) is 21.6. The van der Waals surface area contributed by atoms with Crippen molar-refractivity contribution in [3.8, 4) is 0 Å². The molecule has 1 aliphatic heterocycles. The fourth-order valence-corrected chi connectivity index (χ4v) is 2.44. The van der Waals surface area contributed by atoms with Crippen molar-refractivity contribution < 1.29 is 14.5 Å². The van der Waals surface area contributed by atoms with Crippen molar-refractivity contribution in [3.05, 3.63) is 30.0 Å². The summed E-state index contributed by atoms with van der Waals surface area (Å²) >= 11 is 0. The van der Waals surface area contributed by atoms with Crippen molar-refractivity contribution in [2.75, 3.05) is 18.0 Å². The number of carbonyl (C=O) groups excluding carboxylic acids is 1. The van der Waals surface area contributed by atoms with Crippen LogP contribution in [0.5, 0.6) is 0 Å². The van der Waals surface area contributed by atoms with Crippen LogP contribution in [0.25, 0.3) is 0 Å². The number of aliphatic hydroxyl groups is 1. The van der Waals surface area contributed by atoms with Crippen molar-refractivity contribution in [2.45, 2.75) is 25.5 Å². The molecule has 1 amide bonds. The first-order chi connectivity index (χ1) is 10.6. The van der Waals surface area contributed by atoms with Crippen molar-refractivity contribution in [1.29, 1.82) is 0 Å². The molecule has 2 aromatic rings. The number of aliphatic hydroxyl groups excluding tert-OH is 1. The molecule has 116 valence electrons. The number of piperidine rings is 1. The monoisotopic (exact) mass is 304 g/mol. The summed E-state index contributed by atoms with van der Waals surface area (Å²) in [6.07, 6.45) is 4.74. The Morgan fingerprint density at radius 3 is 2.95 bits per heavy atom. The average Bonchev–Trinajstić information content (AvgIpc) is 2.96. The van der Waals surface area contributed by atoms with E-state index in [-0.39, 0.29) is 11.7 Å². The number of β-amino-alcohol motifs (C(OH)–C–C–N with tert-alkyl or cyclic N) is 1. The van der Waals surface area contributed by atoms with E-state index < -0.39 is 12.0 Å². The predicted octanol–water partition coefficient (Wildman–Crippen LogP) is -0.462. The Balaban J connectivity index is 1.62. The largest absolute Gasteiger partial charge is 0.389 e. The van der Waals surface area contributed by atoms with Crippen LogP contribution in [-0.4, -0.2) is 56.5 Å². The first-order valence-electron chi connectivity index (χ1n) is 6.94. The Hall–Kier alpha value is -2.55. The van der Waals surface area contributed by atoms with Gasteiger partial charge in [-0.3, -0.25) is 9.78 Å². The Kier molecular flexibility index (Phi) is 3.96. The molecule has 22 heavy (non-hydrogen) atoms. The summed E-state index contributed by atoms with van der Waals surface area (Å²) in [5, 5.41) is 20.2. The molecule has 2 atom stereocenters. The molecule has 9 heteroatoms. The number of carbonyl (C=O) groups is 1. The van der Waals surface area contributed by atoms with Gasteiger partial charge in [0.1, 0.15) is 11.5 Å². The van der Waals surface area contributed by atoms with Crippen LogP contribution in [0.4, 0.5) is 5.82 Å². The van der Waals surface area contributed by atoms with Crippen LogP contribution in [0.1, 0.15) is 22.6 Å². The lowest BCUT2D eigenvalue weighted by Crippen LogP contribution is -2.54.